The van der Waals surface area contributed by atoms with E-state index in [-0.39, 0.29) is 6.61 Å². The second-order valence-electron chi connectivity index (χ2n) is 1.65. The number of hydrogen-bond donors (Lipinski definition) is 0. The van der Waals surface area contributed by atoms with E-state index in [1.807, 2.05) is 0 Å². The molecule has 2 nitrogen and oxygen atoms in total. The fourth-order valence-corrected chi connectivity index (χ4v) is 0.650. The molecule has 0 bridgehead atoms. The average Bonchev–Trinajstić information content (AvgIpc) is 2.33. The van der Waals surface area contributed by atoms with Crippen LogP contribution in [0.5, 0.6) is 0 Å². The van der Waals surface area contributed by atoms with Crippen molar-refractivity contribution in [3.8, 4) is 0 Å². The van der Waals surface area contributed by atoms with Gasteiger partial charge in [-0.05, 0) is 6.07 Å². The molecule has 1 radical (unpaired) electrons. The topological polar surface area (TPSA) is 33.0 Å². The van der Waals surface area contributed by atoms with Gasteiger partial charge in [0.2, 0.25) is 0 Å². The van der Waals surface area contributed by atoms with Crippen LogP contribution in [0.25, 0.3) is 6.08 Å². The van der Waals surface area contributed by atoms with Gasteiger partial charge >= 0.3 is 0 Å². The van der Waals surface area contributed by atoms with Gasteiger partial charge in [0.15, 0.2) is 0 Å². The predicted octanol–water partition coefficient (Wildman–Crippen LogP) is 1.85. The Morgan fingerprint density at radius 2 is 2.56 bits per heavy atom. The predicted molar refractivity (Wildman–Crippen MR) is 33.2 cm³/mol. The van der Waals surface area contributed by atoms with Crippen molar-refractivity contribution in [1.29, 1.82) is 0 Å². The summed E-state index contributed by atoms with van der Waals surface area (Å²) in [4.78, 5) is 0. The van der Waals surface area contributed by atoms with E-state index in [2.05, 4.69) is 6.58 Å². The normalized spacial score (nSPS) is 9.44. The van der Waals surface area contributed by atoms with Crippen molar-refractivity contribution in [2.24, 2.45) is 0 Å². The van der Waals surface area contributed by atoms with Crippen molar-refractivity contribution in [2.75, 3.05) is 0 Å². The maximum Gasteiger partial charge on any atom is 0.141 e. The largest absolute Gasteiger partial charge is 0.466 e. The van der Waals surface area contributed by atoms with E-state index in [4.69, 9.17) is 4.42 Å². The summed E-state index contributed by atoms with van der Waals surface area (Å²) >= 11 is 0. The van der Waals surface area contributed by atoms with Gasteiger partial charge in [0.1, 0.15) is 12.4 Å². The number of rotatable bonds is 2. The summed E-state index contributed by atoms with van der Waals surface area (Å²) < 4.78 is 4.82. The lowest BCUT2D eigenvalue weighted by molar-refractivity contribution is 0.155. The van der Waals surface area contributed by atoms with Gasteiger partial charge in [0.25, 0.3) is 0 Å². The van der Waals surface area contributed by atoms with E-state index in [0.29, 0.717) is 5.76 Å². The highest BCUT2D eigenvalue weighted by Gasteiger charge is 1.99. The highest BCUT2D eigenvalue weighted by Crippen LogP contribution is 2.10. The van der Waals surface area contributed by atoms with Crippen LogP contribution in [0, 0.1) is 0 Å². The van der Waals surface area contributed by atoms with Crippen molar-refractivity contribution >= 4 is 6.08 Å². The lowest BCUT2D eigenvalue weighted by Crippen LogP contribution is -1.77. The Hall–Kier alpha value is -1.02. The Kier molecular flexibility index (Phi) is 1.70. The molecule has 9 heavy (non-hydrogen) atoms. The van der Waals surface area contributed by atoms with Crippen LogP contribution < -0.4 is 0 Å². The zero-order chi connectivity index (χ0) is 6.69. The van der Waals surface area contributed by atoms with E-state index in [1.165, 1.54) is 6.26 Å². The second-order valence-corrected chi connectivity index (χ2v) is 1.65. The number of hydrogen-bond acceptors (Lipinski definition) is 1. The Labute approximate surface area is 53.4 Å². The van der Waals surface area contributed by atoms with Crippen molar-refractivity contribution < 1.29 is 9.52 Å². The molecule has 1 heterocycles. The van der Waals surface area contributed by atoms with E-state index in [9.17, 15) is 5.11 Å². The second kappa shape index (κ2) is 2.51. The molecule has 1 rings (SSSR count). The van der Waals surface area contributed by atoms with Gasteiger partial charge in [-0.2, -0.15) is 0 Å². The van der Waals surface area contributed by atoms with Crippen LogP contribution in [0.3, 0.4) is 0 Å². The smallest absolute Gasteiger partial charge is 0.141 e. The first-order valence-corrected chi connectivity index (χ1v) is 2.65. The molecule has 0 unspecified atom stereocenters. The molecule has 0 amide bonds. The maximum absolute atomic E-state index is 10.2. The molecule has 0 fully saturated rings. The van der Waals surface area contributed by atoms with E-state index >= 15 is 0 Å². The minimum atomic E-state index is -0.311. The standard InChI is InChI=1S/C7H7O2/c1-2-6-3-4-9-7(6)5-8/h2-4H,1,5H2. The van der Waals surface area contributed by atoms with Crippen LogP contribution in [0.15, 0.2) is 23.3 Å². The Balaban J connectivity index is 2.98. The van der Waals surface area contributed by atoms with Gasteiger partial charge in [-0.25, -0.2) is 5.11 Å². The first-order chi connectivity index (χ1) is 4.38. The summed E-state index contributed by atoms with van der Waals surface area (Å²) in [5.74, 6) is 0.463. The summed E-state index contributed by atoms with van der Waals surface area (Å²) in [7, 11) is 0. The average molecular weight is 123 g/mol. The summed E-state index contributed by atoms with van der Waals surface area (Å²) in [6.07, 6.45) is 3.10. The molecule has 0 N–H and O–H groups in total. The van der Waals surface area contributed by atoms with Crippen LogP contribution in [0.1, 0.15) is 11.3 Å². The fraction of sp³-hybridized carbons (Fsp3) is 0.143. The summed E-state index contributed by atoms with van der Waals surface area (Å²) in [5, 5.41) is 10.2. The zero-order valence-corrected chi connectivity index (χ0v) is 4.96. The van der Waals surface area contributed by atoms with Crippen LogP contribution in [-0.2, 0) is 11.7 Å². The molecular formula is C7H7O2. The Morgan fingerprint density at radius 1 is 1.78 bits per heavy atom. The third-order valence-electron chi connectivity index (χ3n) is 1.13. The summed E-state index contributed by atoms with van der Waals surface area (Å²) in [6.45, 7) is 3.20. The molecule has 0 aliphatic heterocycles. The zero-order valence-electron chi connectivity index (χ0n) is 4.96. The molecule has 1 aromatic rings. The van der Waals surface area contributed by atoms with Crippen LogP contribution in [0.2, 0.25) is 0 Å². The third-order valence-corrected chi connectivity index (χ3v) is 1.13. The Morgan fingerprint density at radius 3 is 3.00 bits per heavy atom. The highest BCUT2D eigenvalue weighted by molar-refractivity contribution is 5.48. The fourth-order valence-electron chi connectivity index (χ4n) is 0.650. The Bertz CT molecular complexity index is 200. The van der Waals surface area contributed by atoms with E-state index < -0.39 is 0 Å². The van der Waals surface area contributed by atoms with Crippen LogP contribution >= 0.6 is 0 Å². The first kappa shape index (κ1) is 6.11. The SMILES string of the molecule is C=Cc1ccoc1C[O]. The summed E-state index contributed by atoms with van der Waals surface area (Å²) in [5.41, 5.74) is 0.796. The van der Waals surface area contributed by atoms with Gasteiger partial charge in [0.05, 0.1) is 6.26 Å². The van der Waals surface area contributed by atoms with Gasteiger partial charge in [-0.1, -0.05) is 12.7 Å². The number of furan rings is 1. The minimum Gasteiger partial charge on any atom is -0.466 e. The van der Waals surface area contributed by atoms with Gasteiger partial charge in [-0.3, -0.25) is 0 Å². The molecule has 1 aromatic heterocycles. The van der Waals surface area contributed by atoms with Gasteiger partial charge in [-0.15, -0.1) is 0 Å². The third kappa shape index (κ3) is 1.03. The maximum atomic E-state index is 10.2. The van der Waals surface area contributed by atoms with Crippen molar-refractivity contribution in [3.05, 3.63) is 30.2 Å². The van der Waals surface area contributed by atoms with Crippen molar-refractivity contribution in [2.45, 2.75) is 6.61 Å². The molecule has 0 aliphatic rings. The van der Waals surface area contributed by atoms with Crippen molar-refractivity contribution in [3.63, 3.8) is 0 Å². The molecule has 2 heteroatoms. The molecular weight excluding hydrogens is 116 g/mol. The highest BCUT2D eigenvalue weighted by atomic mass is 16.4. The molecule has 0 saturated carbocycles. The lowest BCUT2D eigenvalue weighted by Gasteiger charge is -1.86. The van der Waals surface area contributed by atoms with Gasteiger partial charge < -0.3 is 4.42 Å². The summed E-state index contributed by atoms with van der Waals surface area (Å²) in [6, 6.07) is 1.72. The van der Waals surface area contributed by atoms with Crippen LogP contribution in [0.4, 0.5) is 0 Å². The molecule has 0 aromatic carbocycles. The molecule has 0 saturated heterocycles. The monoisotopic (exact) mass is 123 g/mol. The minimum absolute atomic E-state index is 0.311. The van der Waals surface area contributed by atoms with Gasteiger partial charge in [0, 0.05) is 5.56 Å². The molecule has 0 aliphatic carbocycles. The first-order valence-electron chi connectivity index (χ1n) is 2.65. The van der Waals surface area contributed by atoms with Crippen molar-refractivity contribution in [1.82, 2.24) is 0 Å². The molecule has 0 atom stereocenters. The quantitative estimate of drug-likeness (QED) is 0.590. The van der Waals surface area contributed by atoms with E-state index in [1.54, 1.807) is 12.1 Å². The molecule has 0 spiro atoms. The van der Waals surface area contributed by atoms with Crippen LogP contribution in [-0.4, -0.2) is 0 Å². The lowest BCUT2D eigenvalue weighted by atomic mass is 10.2. The van der Waals surface area contributed by atoms with E-state index in [0.717, 1.165) is 5.56 Å². The molecule has 47 valence electrons.